The van der Waals surface area contributed by atoms with Gasteiger partial charge in [0.15, 0.2) is 0 Å². The lowest BCUT2D eigenvalue weighted by atomic mass is 9.79. The monoisotopic (exact) mass is 565 g/mol. The second kappa shape index (κ2) is 13.0. The van der Waals surface area contributed by atoms with Crippen molar-refractivity contribution in [2.45, 2.75) is 25.0 Å². The molecule has 0 aromatic heterocycles. The molecular weight excluding hydrogens is 522 g/mol. The van der Waals surface area contributed by atoms with E-state index < -0.39 is 0 Å². The molecule has 222 valence electrons. The van der Waals surface area contributed by atoms with Crippen LogP contribution in [0.15, 0.2) is 42.5 Å². The number of nitrogens with zero attached hydrogens (tertiary/aromatic N) is 1. The van der Waals surface area contributed by atoms with Crippen LogP contribution in [0.3, 0.4) is 0 Å². The summed E-state index contributed by atoms with van der Waals surface area (Å²) in [5, 5.41) is 6.85. The standard InChI is InChI=1S/C32H43N3O6/c1-37-12-3-10-35-11-13-40-28-9-4-21(14-27(28)35)18-41-29-17-33-15-23(30(29)22-5-7-24(38-2)8-6-22)16-34-32(36)31-25-19-39-20-26(25)31/h4-9,14,23,25-26,29-31,33H,3,10-13,15-20H2,1-2H3,(H,34,36)/t23-,25+,26?,29-,30-,31?/m0/s1. The molecule has 6 atom stereocenters. The normalized spacial score (nSPS) is 28.4. The van der Waals surface area contributed by atoms with Gasteiger partial charge in [0.1, 0.15) is 18.1 Å². The summed E-state index contributed by atoms with van der Waals surface area (Å²) in [6.45, 7) is 7.38. The number of ether oxygens (including phenoxy) is 5. The molecule has 2 saturated heterocycles. The summed E-state index contributed by atoms with van der Waals surface area (Å²) in [5.74, 6) is 3.20. The Morgan fingerprint density at radius 2 is 1.93 bits per heavy atom. The van der Waals surface area contributed by atoms with E-state index in [1.54, 1.807) is 14.2 Å². The highest BCUT2D eigenvalue weighted by Gasteiger charge is 2.58. The maximum atomic E-state index is 13.0. The topological polar surface area (TPSA) is 90.5 Å². The second-order valence-corrected chi connectivity index (χ2v) is 11.7. The fourth-order valence-corrected chi connectivity index (χ4v) is 6.86. The van der Waals surface area contributed by atoms with E-state index in [9.17, 15) is 4.79 Å². The first-order valence-corrected chi connectivity index (χ1v) is 15.0. The number of rotatable bonds is 12. The van der Waals surface area contributed by atoms with E-state index in [1.165, 1.54) is 5.56 Å². The number of methoxy groups -OCH3 is 2. The maximum absolute atomic E-state index is 13.0. The number of amides is 1. The number of nitrogens with one attached hydrogen (secondary N) is 2. The lowest BCUT2D eigenvalue weighted by Gasteiger charge is -2.39. The summed E-state index contributed by atoms with van der Waals surface area (Å²) in [4.78, 5) is 15.3. The first kappa shape index (κ1) is 28.3. The van der Waals surface area contributed by atoms with Crippen molar-refractivity contribution < 1.29 is 28.5 Å². The first-order valence-electron chi connectivity index (χ1n) is 15.0. The molecule has 3 fully saturated rings. The van der Waals surface area contributed by atoms with Gasteiger partial charge in [0, 0.05) is 51.7 Å². The van der Waals surface area contributed by atoms with Crippen molar-refractivity contribution >= 4 is 11.6 Å². The van der Waals surface area contributed by atoms with Gasteiger partial charge in [-0.25, -0.2) is 0 Å². The fourth-order valence-electron chi connectivity index (χ4n) is 6.86. The largest absolute Gasteiger partial charge is 0.497 e. The summed E-state index contributed by atoms with van der Waals surface area (Å²) in [5.41, 5.74) is 3.45. The van der Waals surface area contributed by atoms with Crippen LogP contribution >= 0.6 is 0 Å². The van der Waals surface area contributed by atoms with E-state index in [0.29, 0.717) is 31.6 Å². The van der Waals surface area contributed by atoms with Crippen molar-refractivity contribution in [1.29, 1.82) is 0 Å². The summed E-state index contributed by atoms with van der Waals surface area (Å²) in [6.07, 6.45) is 0.930. The zero-order chi connectivity index (χ0) is 28.2. The summed E-state index contributed by atoms with van der Waals surface area (Å²) < 4.78 is 28.8. The lowest BCUT2D eigenvalue weighted by molar-refractivity contribution is -0.124. The molecule has 3 heterocycles. The van der Waals surface area contributed by atoms with Crippen molar-refractivity contribution in [2.24, 2.45) is 23.7 Å². The van der Waals surface area contributed by atoms with E-state index in [2.05, 4.69) is 45.9 Å². The molecule has 1 amide bonds. The number of anilines is 1. The Balaban J connectivity index is 1.14. The quantitative estimate of drug-likeness (QED) is 0.380. The van der Waals surface area contributed by atoms with Crippen molar-refractivity contribution in [3.05, 3.63) is 53.6 Å². The Morgan fingerprint density at radius 3 is 2.71 bits per heavy atom. The third-order valence-corrected chi connectivity index (χ3v) is 9.18. The van der Waals surface area contributed by atoms with Crippen LogP contribution in [0.4, 0.5) is 5.69 Å². The van der Waals surface area contributed by atoms with Crippen molar-refractivity contribution in [2.75, 3.05) is 78.3 Å². The minimum atomic E-state index is -0.0437. The lowest BCUT2D eigenvalue weighted by Crippen LogP contribution is -2.50. The predicted molar refractivity (Wildman–Crippen MR) is 156 cm³/mol. The molecule has 2 N–H and O–H groups in total. The molecule has 0 radical (unpaired) electrons. The van der Waals surface area contributed by atoms with Crippen LogP contribution < -0.4 is 25.0 Å². The molecule has 1 aliphatic carbocycles. The molecule has 2 unspecified atom stereocenters. The van der Waals surface area contributed by atoms with E-state index in [0.717, 1.165) is 75.2 Å². The second-order valence-electron chi connectivity index (χ2n) is 11.7. The Bertz CT molecular complexity index is 1170. The number of fused-ring (bicyclic) bond motifs is 2. The van der Waals surface area contributed by atoms with Gasteiger partial charge in [-0.3, -0.25) is 4.79 Å². The third kappa shape index (κ3) is 6.33. The smallest absolute Gasteiger partial charge is 0.223 e. The number of carbonyl (C=O) groups excluding carboxylic acids is 1. The molecule has 3 aliphatic heterocycles. The number of piperidine rings is 1. The maximum Gasteiger partial charge on any atom is 0.223 e. The fraction of sp³-hybridized carbons (Fsp3) is 0.594. The van der Waals surface area contributed by atoms with Gasteiger partial charge in [-0.05, 0) is 59.6 Å². The van der Waals surface area contributed by atoms with Gasteiger partial charge in [-0.1, -0.05) is 18.2 Å². The number of carbonyl (C=O) groups is 1. The van der Waals surface area contributed by atoms with Crippen LogP contribution in [0.2, 0.25) is 0 Å². The van der Waals surface area contributed by atoms with E-state index in [-0.39, 0.29) is 29.8 Å². The first-order chi connectivity index (χ1) is 20.2. The van der Waals surface area contributed by atoms with Gasteiger partial charge in [0.25, 0.3) is 0 Å². The highest BCUT2D eigenvalue weighted by atomic mass is 16.5. The summed E-state index contributed by atoms with van der Waals surface area (Å²) in [7, 11) is 3.43. The minimum Gasteiger partial charge on any atom is -0.497 e. The van der Waals surface area contributed by atoms with Crippen LogP contribution in [-0.4, -0.2) is 85.4 Å². The summed E-state index contributed by atoms with van der Waals surface area (Å²) >= 11 is 0. The average molecular weight is 566 g/mol. The highest BCUT2D eigenvalue weighted by Crippen LogP contribution is 2.50. The zero-order valence-corrected chi connectivity index (χ0v) is 24.2. The van der Waals surface area contributed by atoms with Crippen molar-refractivity contribution in [3.8, 4) is 11.5 Å². The van der Waals surface area contributed by atoms with E-state index in [4.69, 9.17) is 23.7 Å². The van der Waals surface area contributed by atoms with Gasteiger partial charge in [-0.15, -0.1) is 0 Å². The van der Waals surface area contributed by atoms with Crippen LogP contribution in [0.1, 0.15) is 23.5 Å². The molecular formula is C32H43N3O6. The van der Waals surface area contributed by atoms with E-state index in [1.807, 2.05) is 12.1 Å². The number of hydrogen-bond donors (Lipinski definition) is 2. The molecule has 0 bridgehead atoms. The average Bonchev–Trinajstić information content (AvgIpc) is 3.50. The molecule has 6 rings (SSSR count). The van der Waals surface area contributed by atoms with Gasteiger partial charge in [-0.2, -0.15) is 0 Å². The van der Waals surface area contributed by atoms with Crippen LogP contribution in [0, 0.1) is 23.7 Å². The van der Waals surface area contributed by atoms with Gasteiger partial charge >= 0.3 is 0 Å². The highest BCUT2D eigenvalue weighted by molar-refractivity contribution is 5.82. The van der Waals surface area contributed by atoms with Crippen molar-refractivity contribution in [1.82, 2.24) is 10.6 Å². The molecule has 4 aliphatic rings. The van der Waals surface area contributed by atoms with Crippen LogP contribution in [0.5, 0.6) is 11.5 Å². The molecule has 9 heteroatoms. The number of benzene rings is 2. The molecule has 41 heavy (non-hydrogen) atoms. The molecule has 1 saturated carbocycles. The Labute approximate surface area is 242 Å². The van der Waals surface area contributed by atoms with Crippen LogP contribution in [-0.2, 0) is 25.6 Å². The van der Waals surface area contributed by atoms with Crippen LogP contribution in [0.25, 0.3) is 0 Å². The summed E-state index contributed by atoms with van der Waals surface area (Å²) in [6, 6.07) is 14.7. The predicted octanol–water partition coefficient (Wildman–Crippen LogP) is 2.83. The molecule has 2 aromatic rings. The van der Waals surface area contributed by atoms with Gasteiger partial charge in [0.05, 0.1) is 45.3 Å². The Morgan fingerprint density at radius 1 is 1.10 bits per heavy atom. The SMILES string of the molecule is COCCCN1CCOc2ccc(CO[C@H]3CNC[C@@H](CNC(=O)C4C5COC[C@H]54)[C@@H]3c3ccc(OC)cc3)cc21. The molecule has 9 nitrogen and oxygen atoms in total. The van der Waals surface area contributed by atoms with Gasteiger partial charge < -0.3 is 39.2 Å². The molecule has 0 spiro atoms. The van der Waals surface area contributed by atoms with Crippen molar-refractivity contribution in [3.63, 3.8) is 0 Å². The van der Waals surface area contributed by atoms with Gasteiger partial charge in [0.2, 0.25) is 5.91 Å². The minimum absolute atomic E-state index is 0.0437. The Kier molecular flexibility index (Phi) is 8.95. The zero-order valence-electron chi connectivity index (χ0n) is 24.2. The Hall–Kier alpha value is -2.85. The number of hydrogen-bond acceptors (Lipinski definition) is 8. The molecule has 2 aromatic carbocycles. The third-order valence-electron chi connectivity index (χ3n) is 9.18. The van der Waals surface area contributed by atoms with E-state index >= 15 is 0 Å².